The van der Waals surface area contributed by atoms with Crippen molar-refractivity contribution in [3.05, 3.63) is 0 Å². The second-order valence-electron chi connectivity index (χ2n) is 1.61. The van der Waals surface area contributed by atoms with Gasteiger partial charge in [0, 0.05) is 0 Å². The molecule has 60 valence electrons. The van der Waals surface area contributed by atoms with Gasteiger partial charge >= 0.3 is 0 Å². The Morgan fingerprint density at radius 1 is 1.70 bits per heavy atom. The van der Waals surface area contributed by atoms with E-state index in [0.29, 0.717) is 6.29 Å². The molecule has 0 fully saturated rings. The van der Waals surface area contributed by atoms with E-state index in [1.807, 2.05) is 0 Å². The van der Waals surface area contributed by atoms with E-state index in [-0.39, 0.29) is 0 Å². The number of aliphatic hydroxyl groups is 2. The van der Waals surface area contributed by atoms with Gasteiger partial charge in [0.05, 0.1) is 13.7 Å². The van der Waals surface area contributed by atoms with Crippen molar-refractivity contribution >= 4 is 6.29 Å². The maximum absolute atomic E-state index is 10.0. The molecule has 0 aromatic heterocycles. The number of hydrogen-bond donors (Lipinski definition) is 2. The molecule has 0 radical (unpaired) electrons. The average Bonchev–Trinajstić information content (AvgIpc) is 1.99. The zero-order valence-corrected chi connectivity index (χ0v) is 5.56. The summed E-state index contributed by atoms with van der Waals surface area (Å²) in [5.74, 6) is 0. The fourth-order valence-electron chi connectivity index (χ4n) is 0.393. The van der Waals surface area contributed by atoms with Gasteiger partial charge < -0.3 is 15.0 Å². The predicted octanol–water partition coefficient (Wildman–Crippen LogP) is -1.51. The molecular weight excluding hydrogens is 140 g/mol. The topological polar surface area (TPSA) is 76.0 Å². The van der Waals surface area contributed by atoms with E-state index in [9.17, 15) is 4.79 Å². The van der Waals surface area contributed by atoms with Gasteiger partial charge in [-0.05, 0) is 0 Å². The number of rotatable bonds is 5. The lowest BCUT2D eigenvalue weighted by Gasteiger charge is -2.12. The van der Waals surface area contributed by atoms with Gasteiger partial charge in [-0.25, -0.2) is 9.78 Å². The highest BCUT2D eigenvalue weighted by atomic mass is 17.2. The Bertz CT molecular complexity index is 94.0. The Labute approximate surface area is 58.1 Å². The second kappa shape index (κ2) is 5.31. The normalized spacial score (nSPS) is 16.3. The number of aldehydes is 1. The first-order valence-electron chi connectivity index (χ1n) is 2.70. The van der Waals surface area contributed by atoms with Crippen molar-refractivity contribution in [2.75, 3.05) is 13.7 Å². The zero-order valence-electron chi connectivity index (χ0n) is 5.56. The predicted molar refractivity (Wildman–Crippen MR) is 31.0 cm³/mol. The molecular formula is C5H10O5. The van der Waals surface area contributed by atoms with E-state index in [4.69, 9.17) is 10.2 Å². The van der Waals surface area contributed by atoms with Crippen molar-refractivity contribution in [1.29, 1.82) is 0 Å². The molecule has 0 unspecified atom stereocenters. The fourth-order valence-corrected chi connectivity index (χ4v) is 0.393. The molecule has 5 nitrogen and oxygen atoms in total. The molecule has 0 saturated heterocycles. The molecule has 0 spiro atoms. The van der Waals surface area contributed by atoms with Crippen LogP contribution in [0, 0.1) is 0 Å². The van der Waals surface area contributed by atoms with Crippen molar-refractivity contribution in [3.8, 4) is 0 Å². The van der Waals surface area contributed by atoms with Gasteiger partial charge in [-0.1, -0.05) is 0 Å². The van der Waals surface area contributed by atoms with E-state index < -0.39 is 18.8 Å². The van der Waals surface area contributed by atoms with Gasteiger partial charge in [-0.15, -0.1) is 0 Å². The maximum Gasteiger partial charge on any atom is 0.176 e. The molecule has 0 aliphatic rings. The lowest BCUT2D eigenvalue weighted by atomic mass is 10.2. The van der Waals surface area contributed by atoms with E-state index in [1.54, 1.807) is 0 Å². The van der Waals surface area contributed by atoms with E-state index >= 15 is 0 Å². The summed E-state index contributed by atoms with van der Waals surface area (Å²) in [7, 11) is 1.21. The molecule has 2 N–H and O–H groups in total. The lowest BCUT2D eigenvalue weighted by molar-refractivity contribution is -0.309. The number of carbonyl (C=O) groups is 1. The van der Waals surface area contributed by atoms with Gasteiger partial charge in [0.15, 0.2) is 12.4 Å². The molecule has 0 saturated carbocycles. The highest BCUT2D eigenvalue weighted by Crippen LogP contribution is 1.94. The Morgan fingerprint density at radius 3 is 2.60 bits per heavy atom. The molecule has 0 aliphatic heterocycles. The highest BCUT2D eigenvalue weighted by molar-refractivity contribution is 5.56. The monoisotopic (exact) mass is 150 g/mol. The number of carbonyl (C=O) groups excluding carboxylic acids is 1. The van der Waals surface area contributed by atoms with Gasteiger partial charge in [-0.3, -0.25) is 0 Å². The molecule has 0 aliphatic carbocycles. The molecule has 0 amide bonds. The van der Waals surface area contributed by atoms with Crippen molar-refractivity contribution < 1.29 is 24.8 Å². The van der Waals surface area contributed by atoms with Crippen LogP contribution < -0.4 is 0 Å². The Balaban J connectivity index is 3.67. The highest BCUT2D eigenvalue weighted by Gasteiger charge is 2.18. The van der Waals surface area contributed by atoms with Crippen LogP contribution in [-0.2, 0) is 14.6 Å². The summed E-state index contributed by atoms with van der Waals surface area (Å²) in [5.41, 5.74) is 0. The molecule has 10 heavy (non-hydrogen) atoms. The minimum atomic E-state index is -1.22. The van der Waals surface area contributed by atoms with Crippen LogP contribution in [0.4, 0.5) is 0 Å². The minimum Gasteiger partial charge on any atom is -0.394 e. The van der Waals surface area contributed by atoms with Crippen molar-refractivity contribution in [3.63, 3.8) is 0 Å². The van der Waals surface area contributed by atoms with Crippen LogP contribution in [0.15, 0.2) is 0 Å². The van der Waals surface area contributed by atoms with Crippen LogP contribution in [0.2, 0.25) is 0 Å². The smallest absolute Gasteiger partial charge is 0.176 e. The zero-order chi connectivity index (χ0) is 7.98. The van der Waals surface area contributed by atoms with Gasteiger partial charge in [0.25, 0.3) is 0 Å². The number of aliphatic hydroxyl groups excluding tert-OH is 2. The first-order valence-corrected chi connectivity index (χ1v) is 2.70. The fraction of sp³-hybridized carbons (Fsp3) is 0.800. The molecule has 0 rings (SSSR count). The van der Waals surface area contributed by atoms with Gasteiger partial charge in [0.1, 0.15) is 6.10 Å². The van der Waals surface area contributed by atoms with Crippen molar-refractivity contribution in [2.24, 2.45) is 0 Å². The molecule has 0 aromatic rings. The third-order valence-corrected chi connectivity index (χ3v) is 0.908. The summed E-state index contributed by atoms with van der Waals surface area (Å²) in [4.78, 5) is 18.4. The van der Waals surface area contributed by atoms with Crippen LogP contribution in [0.3, 0.4) is 0 Å². The van der Waals surface area contributed by atoms with Crippen LogP contribution in [0.25, 0.3) is 0 Å². The SMILES string of the molecule is COO[C@@H](C=O)[C@@H](O)CO. The summed E-state index contributed by atoms with van der Waals surface area (Å²) in [6, 6.07) is 0. The largest absolute Gasteiger partial charge is 0.394 e. The Hall–Kier alpha value is -0.490. The summed E-state index contributed by atoms with van der Waals surface area (Å²) in [5, 5.41) is 17.1. The van der Waals surface area contributed by atoms with Crippen molar-refractivity contribution in [1.82, 2.24) is 0 Å². The molecule has 0 heterocycles. The first kappa shape index (κ1) is 9.51. The van der Waals surface area contributed by atoms with E-state index in [2.05, 4.69) is 9.78 Å². The van der Waals surface area contributed by atoms with Gasteiger partial charge in [0.2, 0.25) is 0 Å². The van der Waals surface area contributed by atoms with Crippen LogP contribution >= 0.6 is 0 Å². The average molecular weight is 150 g/mol. The first-order chi connectivity index (χ1) is 4.76. The number of hydrogen-bond acceptors (Lipinski definition) is 5. The van der Waals surface area contributed by atoms with Crippen LogP contribution in [-0.4, -0.2) is 42.4 Å². The maximum atomic E-state index is 10.0. The Kier molecular flexibility index (Phi) is 5.05. The second-order valence-corrected chi connectivity index (χ2v) is 1.61. The molecule has 0 bridgehead atoms. The summed E-state index contributed by atoms with van der Waals surface area (Å²) in [6.45, 7) is -0.535. The van der Waals surface area contributed by atoms with Crippen LogP contribution in [0.1, 0.15) is 0 Å². The third kappa shape index (κ3) is 2.88. The van der Waals surface area contributed by atoms with Crippen molar-refractivity contribution in [2.45, 2.75) is 12.2 Å². The summed E-state index contributed by atoms with van der Waals surface area (Å²) >= 11 is 0. The molecule has 2 atom stereocenters. The standard InChI is InChI=1S/C5H10O5/c1-9-10-5(3-7)4(8)2-6/h3-6,8H,2H2,1H3/t4-,5-/m0/s1. The van der Waals surface area contributed by atoms with E-state index in [0.717, 1.165) is 0 Å². The summed E-state index contributed by atoms with van der Waals surface area (Å²) < 4.78 is 0. The van der Waals surface area contributed by atoms with Gasteiger partial charge in [-0.2, -0.15) is 0 Å². The van der Waals surface area contributed by atoms with E-state index in [1.165, 1.54) is 7.11 Å². The molecule has 5 heteroatoms. The molecule has 0 aromatic carbocycles. The lowest BCUT2D eigenvalue weighted by Crippen LogP contribution is -2.33. The minimum absolute atomic E-state index is 0.352. The summed E-state index contributed by atoms with van der Waals surface area (Å²) in [6.07, 6.45) is -1.99. The Morgan fingerprint density at radius 2 is 2.30 bits per heavy atom. The quantitative estimate of drug-likeness (QED) is 0.283. The van der Waals surface area contributed by atoms with Crippen LogP contribution in [0.5, 0.6) is 0 Å². The third-order valence-electron chi connectivity index (χ3n) is 0.908.